The Hall–Kier alpha value is -1.64. The molecule has 0 aliphatic carbocycles. The van der Waals surface area contributed by atoms with E-state index in [1.165, 1.54) is 0 Å². The number of carbonyl (C=O) groups excluding carboxylic acids is 1. The molecule has 0 aromatic carbocycles. The van der Waals surface area contributed by atoms with Crippen LogP contribution in [0.3, 0.4) is 0 Å². The summed E-state index contributed by atoms with van der Waals surface area (Å²) in [5, 5.41) is 0. The number of nitrogens with zero attached hydrogens (tertiary/aromatic N) is 2. The van der Waals surface area contributed by atoms with Crippen molar-refractivity contribution in [3.8, 4) is 0 Å². The fourth-order valence-electron chi connectivity index (χ4n) is 1.89. The highest BCUT2D eigenvalue weighted by Crippen LogP contribution is 2.27. The topological polar surface area (TPSA) is 33.2 Å². The van der Waals surface area contributed by atoms with Crippen molar-refractivity contribution in [3.63, 3.8) is 0 Å². The normalized spacial score (nSPS) is 20.7. The van der Waals surface area contributed by atoms with Crippen LogP contribution in [0.4, 0.5) is 5.69 Å². The third-order valence-electron chi connectivity index (χ3n) is 2.77. The Morgan fingerprint density at radius 1 is 1.67 bits per heavy atom. The van der Waals surface area contributed by atoms with Gasteiger partial charge in [0, 0.05) is 37.0 Å². The zero-order valence-electron chi connectivity index (χ0n) is 8.81. The van der Waals surface area contributed by atoms with Crippen LogP contribution in [0.2, 0.25) is 0 Å². The lowest BCUT2D eigenvalue weighted by molar-refractivity contribution is -0.117. The van der Waals surface area contributed by atoms with Crippen LogP contribution in [0.5, 0.6) is 0 Å². The molecule has 1 unspecified atom stereocenters. The molecule has 78 valence electrons. The Morgan fingerprint density at radius 3 is 3.07 bits per heavy atom. The van der Waals surface area contributed by atoms with E-state index in [1.54, 1.807) is 12.4 Å². The fourth-order valence-corrected chi connectivity index (χ4v) is 1.89. The third kappa shape index (κ3) is 1.77. The van der Waals surface area contributed by atoms with Gasteiger partial charge in [-0.3, -0.25) is 9.78 Å². The van der Waals surface area contributed by atoms with E-state index < -0.39 is 0 Å². The van der Waals surface area contributed by atoms with Crippen LogP contribution < -0.4 is 4.90 Å². The summed E-state index contributed by atoms with van der Waals surface area (Å²) in [6.45, 7) is 6.45. The Balaban J connectivity index is 2.29. The van der Waals surface area contributed by atoms with E-state index >= 15 is 0 Å². The average Bonchev–Trinajstić information content (AvgIpc) is 2.60. The van der Waals surface area contributed by atoms with Crippen molar-refractivity contribution in [2.75, 3.05) is 11.4 Å². The van der Waals surface area contributed by atoms with E-state index in [-0.39, 0.29) is 11.8 Å². The van der Waals surface area contributed by atoms with Gasteiger partial charge in [-0.2, -0.15) is 0 Å². The first-order valence-corrected chi connectivity index (χ1v) is 5.06. The van der Waals surface area contributed by atoms with E-state index in [0.717, 1.165) is 17.8 Å². The highest BCUT2D eigenvalue weighted by molar-refractivity contribution is 5.96. The number of rotatable bonds is 2. The number of aryl methyl sites for hydroxylation is 1. The Labute approximate surface area is 89.4 Å². The van der Waals surface area contributed by atoms with Gasteiger partial charge in [0.15, 0.2) is 0 Å². The first kappa shape index (κ1) is 9.90. The van der Waals surface area contributed by atoms with Gasteiger partial charge in [-0.05, 0) is 18.6 Å². The minimum Gasteiger partial charge on any atom is -0.311 e. The molecule has 1 aromatic heterocycles. The van der Waals surface area contributed by atoms with Crippen molar-refractivity contribution in [3.05, 3.63) is 36.7 Å². The van der Waals surface area contributed by atoms with Gasteiger partial charge in [0.2, 0.25) is 5.91 Å². The summed E-state index contributed by atoms with van der Waals surface area (Å²) in [5.74, 6) is 0.458. The summed E-state index contributed by atoms with van der Waals surface area (Å²) in [7, 11) is 0. The molecule has 1 fully saturated rings. The lowest BCUT2D eigenvalue weighted by atomic mass is 10.1. The van der Waals surface area contributed by atoms with Crippen LogP contribution >= 0.6 is 0 Å². The molecular formula is C12H14N2O. The van der Waals surface area contributed by atoms with Crippen molar-refractivity contribution in [2.45, 2.75) is 13.3 Å². The number of hydrogen-bond acceptors (Lipinski definition) is 2. The average molecular weight is 202 g/mol. The molecule has 1 atom stereocenters. The van der Waals surface area contributed by atoms with Gasteiger partial charge in [0.05, 0.1) is 0 Å². The lowest BCUT2D eigenvalue weighted by Crippen LogP contribution is -2.25. The second-order valence-electron chi connectivity index (χ2n) is 3.87. The van der Waals surface area contributed by atoms with Gasteiger partial charge in [-0.1, -0.05) is 6.08 Å². The molecule has 0 N–H and O–H groups in total. The van der Waals surface area contributed by atoms with Crippen LogP contribution in [0.15, 0.2) is 31.1 Å². The van der Waals surface area contributed by atoms with Crippen LogP contribution in [-0.4, -0.2) is 17.4 Å². The summed E-state index contributed by atoms with van der Waals surface area (Å²) in [6, 6.07) is 1.89. The molecule has 3 heteroatoms. The molecule has 0 saturated carbocycles. The minimum absolute atomic E-state index is 0.175. The first-order chi connectivity index (χ1) is 7.22. The molecule has 2 rings (SSSR count). The van der Waals surface area contributed by atoms with E-state index in [1.807, 2.05) is 24.0 Å². The molecule has 0 spiro atoms. The molecular weight excluding hydrogens is 188 g/mol. The molecule has 0 bridgehead atoms. The maximum absolute atomic E-state index is 11.8. The second-order valence-corrected chi connectivity index (χ2v) is 3.87. The second kappa shape index (κ2) is 3.85. The highest BCUT2D eigenvalue weighted by atomic mass is 16.2. The van der Waals surface area contributed by atoms with Gasteiger partial charge < -0.3 is 4.90 Å². The van der Waals surface area contributed by atoms with E-state index in [0.29, 0.717) is 6.42 Å². The van der Waals surface area contributed by atoms with E-state index in [2.05, 4.69) is 11.6 Å². The highest BCUT2D eigenvalue weighted by Gasteiger charge is 2.29. The van der Waals surface area contributed by atoms with Gasteiger partial charge in [-0.15, -0.1) is 6.58 Å². The standard InChI is InChI=1S/C12H14N2O/c1-3-10-6-12(15)14(8-10)11-4-5-13-7-9(11)2/h3-5,7,10H,1,6,8H2,2H3. The van der Waals surface area contributed by atoms with Crippen molar-refractivity contribution < 1.29 is 4.79 Å². The van der Waals surface area contributed by atoms with Crippen LogP contribution in [0, 0.1) is 12.8 Å². The van der Waals surface area contributed by atoms with Gasteiger partial charge in [-0.25, -0.2) is 0 Å². The molecule has 15 heavy (non-hydrogen) atoms. The number of aromatic nitrogens is 1. The Kier molecular flexibility index (Phi) is 2.54. The fraction of sp³-hybridized carbons (Fsp3) is 0.333. The number of carbonyl (C=O) groups is 1. The zero-order chi connectivity index (χ0) is 10.8. The predicted molar refractivity (Wildman–Crippen MR) is 59.6 cm³/mol. The first-order valence-electron chi connectivity index (χ1n) is 5.06. The van der Waals surface area contributed by atoms with Crippen molar-refractivity contribution in [1.29, 1.82) is 0 Å². The zero-order valence-corrected chi connectivity index (χ0v) is 8.81. The summed E-state index contributed by atoms with van der Waals surface area (Å²) in [5.41, 5.74) is 2.01. The third-order valence-corrected chi connectivity index (χ3v) is 2.77. The summed E-state index contributed by atoms with van der Waals surface area (Å²) >= 11 is 0. The van der Waals surface area contributed by atoms with Gasteiger partial charge in [0.1, 0.15) is 0 Å². The van der Waals surface area contributed by atoms with Crippen molar-refractivity contribution in [2.24, 2.45) is 5.92 Å². The molecule has 0 radical (unpaired) electrons. The largest absolute Gasteiger partial charge is 0.311 e. The minimum atomic E-state index is 0.175. The van der Waals surface area contributed by atoms with Crippen molar-refractivity contribution in [1.82, 2.24) is 4.98 Å². The maximum Gasteiger partial charge on any atom is 0.227 e. The van der Waals surface area contributed by atoms with E-state index in [4.69, 9.17) is 0 Å². The molecule has 1 aliphatic rings. The predicted octanol–water partition coefficient (Wildman–Crippen LogP) is 1.93. The van der Waals surface area contributed by atoms with E-state index in [9.17, 15) is 4.79 Å². The summed E-state index contributed by atoms with van der Waals surface area (Å²) in [4.78, 5) is 17.6. The molecule has 1 aromatic rings. The number of pyridine rings is 1. The molecule has 1 amide bonds. The molecule has 1 saturated heterocycles. The molecule has 3 nitrogen and oxygen atoms in total. The number of amides is 1. The quantitative estimate of drug-likeness (QED) is 0.686. The summed E-state index contributed by atoms with van der Waals surface area (Å²) < 4.78 is 0. The molecule has 2 heterocycles. The molecule has 1 aliphatic heterocycles. The SMILES string of the molecule is C=CC1CC(=O)N(c2ccncc2C)C1. The van der Waals surface area contributed by atoms with Gasteiger partial charge in [0.25, 0.3) is 0 Å². The smallest absolute Gasteiger partial charge is 0.227 e. The monoisotopic (exact) mass is 202 g/mol. The Bertz CT molecular complexity index is 400. The summed E-state index contributed by atoms with van der Waals surface area (Å²) in [6.07, 6.45) is 5.93. The van der Waals surface area contributed by atoms with Crippen LogP contribution in [0.25, 0.3) is 0 Å². The van der Waals surface area contributed by atoms with Gasteiger partial charge >= 0.3 is 0 Å². The van der Waals surface area contributed by atoms with Crippen LogP contribution in [0.1, 0.15) is 12.0 Å². The number of hydrogen-bond donors (Lipinski definition) is 0. The Morgan fingerprint density at radius 2 is 2.47 bits per heavy atom. The van der Waals surface area contributed by atoms with Crippen molar-refractivity contribution >= 4 is 11.6 Å². The van der Waals surface area contributed by atoms with Crippen LogP contribution in [-0.2, 0) is 4.79 Å². The number of anilines is 1. The maximum atomic E-state index is 11.8. The lowest BCUT2D eigenvalue weighted by Gasteiger charge is -2.17.